The number of hydrogen-bond acceptors (Lipinski definition) is 6. The van der Waals surface area contributed by atoms with Crippen molar-refractivity contribution < 1.29 is 24.6 Å². The number of rotatable bonds is 14. The van der Waals surface area contributed by atoms with Crippen LogP contribution in [0.2, 0.25) is 0 Å². The quantitative estimate of drug-likeness (QED) is 0.128. The summed E-state index contributed by atoms with van der Waals surface area (Å²) < 4.78 is 0. The van der Waals surface area contributed by atoms with Crippen molar-refractivity contribution in [3.05, 3.63) is 60.4 Å². The number of nitrogens with one attached hydrogen (secondary N) is 2. The van der Waals surface area contributed by atoms with Gasteiger partial charge in [0, 0.05) is 37.7 Å². The molecule has 0 radical (unpaired) electrons. The van der Waals surface area contributed by atoms with Crippen molar-refractivity contribution in [2.75, 3.05) is 25.0 Å². The second-order valence-corrected chi connectivity index (χ2v) is 8.04. The lowest BCUT2D eigenvalue weighted by Crippen LogP contribution is -2.29. The highest BCUT2D eigenvalue weighted by atomic mass is 32.1. The van der Waals surface area contributed by atoms with Gasteiger partial charge in [-0.15, -0.1) is 0 Å². The van der Waals surface area contributed by atoms with Crippen LogP contribution in [0.3, 0.4) is 0 Å². The van der Waals surface area contributed by atoms with Crippen molar-refractivity contribution in [3.63, 3.8) is 0 Å². The Labute approximate surface area is 212 Å². The number of anilines is 1. The molecule has 0 bridgehead atoms. The molecule has 1 aromatic heterocycles. The second-order valence-electron chi connectivity index (χ2n) is 7.63. The first-order valence-corrected chi connectivity index (χ1v) is 12.2. The molecule has 4 N–H and O–H groups in total. The fourth-order valence-electron chi connectivity index (χ4n) is 2.99. The molecule has 9 nitrogen and oxygen atoms in total. The summed E-state index contributed by atoms with van der Waals surface area (Å²) in [4.78, 5) is 28.1. The molecule has 0 spiro atoms. The standard InChI is InChI=1S/C23H34N4OS.C2H2O4/c1-2-27(28-20-21-12-8-7-9-13-21)19-11-6-4-3-5-10-16-25-23(29)26-22-14-17-24-18-15-22;3-1(4)2(5)6/h7-9,12-15,17-18H,2-6,10-11,16,19-20H2,1H3,(H2,24,25,26,29);(H,3,4)(H,5,6). The largest absolute Gasteiger partial charge is 0.473 e. The van der Waals surface area contributed by atoms with Gasteiger partial charge in [-0.1, -0.05) is 62.9 Å². The van der Waals surface area contributed by atoms with E-state index < -0.39 is 11.9 Å². The van der Waals surface area contributed by atoms with Gasteiger partial charge in [-0.2, -0.15) is 5.06 Å². The Morgan fingerprint density at radius 2 is 1.54 bits per heavy atom. The van der Waals surface area contributed by atoms with E-state index in [1.165, 1.54) is 37.7 Å². The average Bonchev–Trinajstić information content (AvgIpc) is 2.86. The molecule has 0 saturated carbocycles. The minimum atomic E-state index is -1.82. The van der Waals surface area contributed by atoms with Crippen LogP contribution in [0.25, 0.3) is 0 Å². The van der Waals surface area contributed by atoms with Crippen molar-refractivity contribution in [1.82, 2.24) is 15.4 Å². The smallest absolute Gasteiger partial charge is 0.414 e. The molecule has 192 valence electrons. The summed E-state index contributed by atoms with van der Waals surface area (Å²) in [6.45, 7) is 5.63. The summed E-state index contributed by atoms with van der Waals surface area (Å²) >= 11 is 5.30. The van der Waals surface area contributed by atoms with Gasteiger partial charge in [0.1, 0.15) is 0 Å². The van der Waals surface area contributed by atoms with Gasteiger partial charge in [-0.25, -0.2) is 9.59 Å². The second kappa shape index (κ2) is 19.2. The molecular formula is C25H36N4O5S. The van der Waals surface area contributed by atoms with Gasteiger partial charge < -0.3 is 20.8 Å². The zero-order valence-electron chi connectivity index (χ0n) is 20.2. The van der Waals surface area contributed by atoms with E-state index in [4.69, 9.17) is 36.9 Å². The fourth-order valence-corrected chi connectivity index (χ4v) is 3.21. The predicted octanol–water partition coefficient (Wildman–Crippen LogP) is 4.32. The number of thiocarbonyl (C=S) groups is 1. The number of aliphatic carboxylic acids is 2. The number of benzene rings is 1. The number of unbranched alkanes of at least 4 members (excludes halogenated alkanes) is 5. The lowest BCUT2D eigenvalue weighted by molar-refractivity contribution is -0.167. The van der Waals surface area contributed by atoms with Crippen LogP contribution in [0.4, 0.5) is 5.69 Å². The van der Waals surface area contributed by atoms with Gasteiger partial charge in [0.25, 0.3) is 0 Å². The molecule has 0 aliphatic carbocycles. The van der Waals surface area contributed by atoms with Gasteiger partial charge in [0.05, 0.1) is 6.61 Å². The number of hydrogen-bond donors (Lipinski definition) is 4. The summed E-state index contributed by atoms with van der Waals surface area (Å²) in [6.07, 6.45) is 10.8. The van der Waals surface area contributed by atoms with Crippen molar-refractivity contribution in [3.8, 4) is 0 Å². The molecule has 35 heavy (non-hydrogen) atoms. The first kappa shape index (κ1) is 30.0. The number of hydroxylamine groups is 2. The van der Waals surface area contributed by atoms with Crippen LogP contribution in [-0.4, -0.2) is 56.9 Å². The van der Waals surface area contributed by atoms with Gasteiger partial charge in [-0.05, 0) is 42.8 Å². The first-order chi connectivity index (χ1) is 16.9. The maximum atomic E-state index is 9.10. The number of carbonyl (C=O) groups is 2. The summed E-state index contributed by atoms with van der Waals surface area (Å²) in [7, 11) is 0. The lowest BCUT2D eigenvalue weighted by atomic mass is 10.1. The Balaban J connectivity index is 0.000000905. The summed E-state index contributed by atoms with van der Waals surface area (Å²) in [6, 6.07) is 14.1. The third kappa shape index (κ3) is 16.2. The van der Waals surface area contributed by atoms with E-state index in [-0.39, 0.29) is 0 Å². The van der Waals surface area contributed by atoms with E-state index in [9.17, 15) is 0 Å². The Kier molecular flexibility index (Phi) is 16.5. The molecule has 0 fully saturated rings. The maximum absolute atomic E-state index is 9.10. The van der Waals surface area contributed by atoms with E-state index in [0.29, 0.717) is 11.7 Å². The van der Waals surface area contributed by atoms with Crippen molar-refractivity contribution in [2.24, 2.45) is 0 Å². The molecule has 0 saturated heterocycles. The average molecular weight is 505 g/mol. The van der Waals surface area contributed by atoms with E-state index in [1.807, 2.05) is 18.2 Å². The normalized spacial score (nSPS) is 10.2. The highest BCUT2D eigenvalue weighted by Crippen LogP contribution is 2.08. The van der Waals surface area contributed by atoms with Crippen LogP contribution in [0.15, 0.2) is 54.9 Å². The Morgan fingerprint density at radius 1 is 0.943 bits per heavy atom. The number of carboxylic acids is 2. The SMILES string of the molecule is CCN(CCCCCCCCNC(=S)Nc1ccncc1)OCc1ccccc1.O=C(O)C(=O)O. The monoisotopic (exact) mass is 504 g/mol. The zero-order valence-corrected chi connectivity index (χ0v) is 21.0. The van der Waals surface area contributed by atoms with Gasteiger partial charge in [-0.3, -0.25) is 9.82 Å². The highest BCUT2D eigenvalue weighted by molar-refractivity contribution is 7.80. The molecule has 0 aliphatic rings. The Morgan fingerprint density at radius 3 is 2.14 bits per heavy atom. The molecule has 10 heteroatoms. The van der Waals surface area contributed by atoms with Crippen LogP contribution in [0, 0.1) is 0 Å². The summed E-state index contributed by atoms with van der Waals surface area (Å²) in [5, 5.41) is 24.0. The molecule has 0 aliphatic heterocycles. The van der Waals surface area contributed by atoms with Crippen LogP contribution < -0.4 is 10.6 Å². The molecule has 2 aromatic rings. The lowest BCUT2D eigenvalue weighted by Gasteiger charge is -2.20. The van der Waals surface area contributed by atoms with Crippen molar-refractivity contribution in [2.45, 2.75) is 52.1 Å². The van der Waals surface area contributed by atoms with Crippen LogP contribution in [0.1, 0.15) is 51.0 Å². The topological polar surface area (TPSA) is 124 Å². The van der Waals surface area contributed by atoms with Crippen molar-refractivity contribution in [1.29, 1.82) is 0 Å². The van der Waals surface area contributed by atoms with E-state index in [0.717, 1.165) is 31.7 Å². The fraction of sp³-hybridized carbons (Fsp3) is 0.440. The predicted molar refractivity (Wildman–Crippen MR) is 140 cm³/mol. The molecule has 1 heterocycles. The molecule has 0 unspecified atom stereocenters. The van der Waals surface area contributed by atoms with Crippen molar-refractivity contribution >= 4 is 35.0 Å². The number of pyridine rings is 1. The van der Waals surface area contributed by atoms with Crippen LogP contribution >= 0.6 is 12.2 Å². The Hall–Kier alpha value is -3.08. The summed E-state index contributed by atoms with van der Waals surface area (Å²) in [5.41, 5.74) is 2.18. The summed E-state index contributed by atoms with van der Waals surface area (Å²) in [5.74, 6) is -3.65. The molecule has 1 aromatic carbocycles. The molecular weight excluding hydrogens is 468 g/mol. The van der Waals surface area contributed by atoms with Crippen LogP contribution in [0.5, 0.6) is 0 Å². The molecule has 0 atom stereocenters. The molecule has 0 amide bonds. The third-order valence-corrected chi connectivity index (χ3v) is 5.10. The van der Waals surface area contributed by atoms with E-state index in [1.54, 1.807) is 12.4 Å². The van der Waals surface area contributed by atoms with Gasteiger partial charge >= 0.3 is 11.9 Å². The van der Waals surface area contributed by atoms with Gasteiger partial charge in [0.2, 0.25) is 0 Å². The minimum absolute atomic E-state index is 0.652. The number of aromatic nitrogens is 1. The number of nitrogens with zero attached hydrogens (tertiary/aromatic N) is 2. The third-order valence-electron chi connectivity index (χ3n) is 4.85. The minimum Gasteiger partial charge on any atom is -0.473 e. The number of carboxylic acid groups (broad SMARTS) is 2. The first-order valence-electron chi connectivity index (χ1n) is 11.7. The molecule has 2 rings (SSSR count). The van der Waals surface area contributed by atoms with Crippen LogP contribution in [-0.2, 0) is 21.0 Å². The Bertz CT molecular complexity index is 843. The maximum Gasteiger partial charge on any atom is 0.414 e. The van der Waals surface area contributed by atoms with E-state index >= 15 is 0 Å². The highest BCUT2D eigenvalue weighted by Gasteiger charge is 2.04. The van der Waals surface area contributed by atoms with Gasteiger partial charge in [0.15, 0.2) is 5.11 Å². The van der Waals surface area contributed by atoms with E-state index in [2.05, 4.69) is 51.9 Å². The zero-order chi connectivity index (χ0) is 25.7.